The van der Waals surface area contributed by atoms with E-state index >= 15 is 0 Å². The molecule has 0 spiro atoms. The van der Waals surface area contributed by atoms with E-state index in [-0.39, 0.29) is 18.0 Å². The third-order valence-electron chi connectivity index (χ3n) is 5.12. The van der Waals surface area contributed by atoms with Crippen LogP contribution >= 0.6 is 0 Å². The van der Waals surface area contributed by atoms with Gasteiger partial charge in [-0.2, -0.15) is 0 Å². The molecular weight excluding hydrogens is 354 g/mol. The molecule has 0 saturated carbocycles. The van der Waals surface area contributed by atoms with Gasteiger partial charge in [0, 0.05) is 49.6 Å². The molecule has 144 valence electrons. The van der Waals surface area contributed by atoms with E-state index in [9.17, 15) is 13.2 Å². The number of thiol groups is 1. The Hall–Kier alpha value is -1.64. The molecular formula is C18H27N3O4S. The lowest BCUT2D eigenvalue weighted by molar-refractivity contribution is 0.0243. The van der Waals surface area contributed by atoms with E-state index in [0.717, 1.165) is 39.3 Å². The number of nitrogens with one attached hydrogen (secondary N) is 1. The summed E-state index contributed by atoms with van der Waals surface area (Å²) in [4.78, 5) is 17.3. The summed E-state index contributed by atoms with van der Waals surface area (Å²) in [5, 5.41) is 0. The molecule has 0 aromatic heterocycles. The number of piperazine rings is 1. The predicted octanol–water partition coefficient (Wildman–Crippen LogP) is 1.20. The second-order valence-corrected chi connectivity index (χ2v) is 8.04. The summed E-state index contributed by atoms with van der Waals surface area (Å²) >= 11 is 0. The van der Waals surface area contributed by atoms with Gasteiger partial charge in [0.25, 0.3) is 5.91 Å². The second-order valence-electron chi connectivity index (χ2n) is 7.30. The highest BCUT2D eigenvalue weighted by Crippen LogP contribution is 2.22. The number of amides is 1. The Morgan fingerprint density at radius 1 is 1.19 bits per heavy atom. The van der Waals surface area contributed by atoms with Gasteiger partial charge in [-0.05, 0) is 50.5 Å². The van der Waals surface area contributed by atoms with Gasteiger partial charge < -0.3 is 9.64 Å². The summed E-state index contributed by atoms with van der Waals surface area (Å²) in [6.07, 6.45) is 1.12. The Morgan fingerprint density at radius 2 is 1.85 bits per heavy atom. The van der Waals surface area contributed by atoms with Gasteiger partial charge >= 0.3 is 0 Å². The maximum Gasteiger partial charge on any atom is 0.254 e. The topological polar surface area (TPSA) is 79.0 Å². The van der Waals surface area contributed by atoms with Crippen LogP contribution in [0.15, 0.2) is 24.3 Å². The zero-order valence-corrected chi connectivity index (χ0v) is 16.2. The summed E-state index contributed by atoms with van der Waals surface area (Å²) in [5.74, 6) is 0.594. The highest BCUT2D eigenvalue weighted by molar-refractivity contribution is 7.73. The van der Waals surface area contributed by atoms with Crippen LogP contribution in [0, 0.1) is 5.92 Å². The molecule has 2 aliphatic heterocycles. The van der Waals surface area contributed by atoms with Crippen molar-refractivity contribution in [3.05, 3.63) is 29.8 Å². The van der Waals surface area contributed by atoms with Crippen LogP contribution in [0.25, 0.3) is 0 Å². The Balaban J connectivity index is 1.63. The van der Waals surface area contributed by atoms with Gasteiger partial charge in [0.15, 0.2) is 0 Å². The van der Waals surface area contributed by atoms with Crippen LogP contribution in [-0.2, 0) is 15.6 Å². The molecule has 2 aliphatic rings. The number of anilines is 1. The minimum Gasteiger partial charge on any atom is -0.381 e. The maximum atomic E-state index is 13.0. The minimum atomic E-state index is -2.70. The first kappa shape index (κ1) is 19.1. The van der Waals surface area contributed by atoms with Gasteiger partial charge in [-0.15, -0.1) is 0 Å². The van der Waals surface area contributed by atoms with E-state index in [2.05, 4.69) is 23.5 Å². The molecule has 2 saturated heterocycles. The van der Waals surface area contributed by atoms with Gasteiger partial charge in [-0.25, -0.2) is 8.42 Å². The fourth-order valence-electron chi connectivity index (χ4n) is 4.02. The summed E-state index contributed by atoms with van der Waals surface area (Å²) < 4.78 is 29.2. The highest BCUT2D eigenvalue weighted by atomic mass is 32.2. The van der Waals surface area contributed by atoms with E-state index in [1.54, 1.807) is 24.3 Å². The van der Waals surface area contributed by atoms with Gasteiger partial charge in [0.05, 0.1) is 6.61 Å². The number of hydrogen-bond acceptors (Lipinski definition) is 5. The van der Waals surface area contributed by atoms with Crippen molar-refractivity contribution in [2.75, 3.05) is 37.6 Å². The fourth-order valence-corrected chi connectivity index (χ4v) is 4.38. The first-order valence-corrected chi connectivity index (χ1v) is 10.3. The zero-order chi connectivity index (χ0) is 18.7. The monoisotopic (exact) mass is 381 g/mol. The number of ether oxygens (including phenoxy) is 1. The van der Waals surface area contributed by atoms with Crippen molar-refractivity contribution < 1.29 is 17.9 Å². The van der Waals surface area contributed by atoms with Crippen molar-refractivity contribution in [1.29, 1.82) is 0 Å². The second kappa shape index (κ2) is 8.37. The average molecular weight is 381 g/mol. The van der Waals surface area contributed by atoms with Gasteiger partial charge in [0.1, 0.15) is 0 Å². The minimum absolute atomic E-state index is 0.00749. The lowest BCUT2D eigenvalue weighted by atomic mass is 10.0. The third-order valence-corrected chi connectivity index (χ3v) is 5.56. The van der Waals surface area contributed by atoms with Crippen LogP contribution in [0.1, 0.15) is 30.6 Å². The number of nitrogens with zero attached hydrogens (tertiary/aromatic N) is 2. The first-order valence-electron chi connectivity index (χ1n) is 9.08. The van der Waals surface area contributed by atoms with E-state index < -0.39 is 10.9 Å². The summed E-state index contributed by atoms with van der Waals surface area (Å²) in [6.45, 7) is 8.64. The van der Waals surface area contributed by atoms with E-state index in [4.69, 9.17) is 4.74 Å². The number of carbonyl (C=O) groups is 1. The molecule has 1 N–H and O–H groups in total. The summed E-state index contributed by atoms with van der Waals surface area (Å²) in [6, 6.07) is 6.83. The third kappa shape index (κ3) is 4.55. The molecule has 7 nitrogen and oxygen atoms in total. The van der Waals surface area contributed by atoms with Crippen LogP contribution in [0.3, 0.4) is 0 Å². The smallest absolute Gasteiger partial charge is 0.254 e. The van der Waals surface area contributed by atoms with E-state index in [0.29, 0.717) is 17.2 Å². The number of benzene rings is 1. The average Bonchev–Trinajstić information content (AvgIpc) is 3.07. The van der Waals surface area contributed by atoms with Crippen molar-refractivity contribution in [2.45, 2.75) is 32.4 Å². The molecule has 3 rings (SSSR count). The maximum absolute atomic E-state index is 13.0. The van der Waals surface area contributed by atoms with Gasteiger partial charge in [0.2, 0.25) is 10.9 Å². The fraction of sp³-hybridized carbons (Fsp3) is 0.611. The molecule has 0 aliphatic carbocycles. The van der Waals surface area contributed by atoms with Crippen molar-refractivity contribution in [1.82, 2.24) is 9.80 Å². The van der Waals surface area contributed by atoms with Crippen molar-refractivity contribution in [2.24, 2.45) is 5.92 Å². The standard InChI is InChI=1S/C18H27N3O4S/c1-13-9-20(11-15-7-8-25-12-15)10-14(2)21(13)18(22)16-3-5-17(6-4-16)19-26(23)24/h3-6,13-15,26H,7-12H2,1-2H3,(H,19,23,24). The molecule has 2 fully saturated rings. The lowest BCUT2D eigenvalue weighted by Crippen LogP contribution is -2.59. The normalized spacial score (nSPS) is 27.0. The molecule has 3 atom stereocenters. The molecule has 1 aromatic rings. The van der Waals surface area contributed by atoms with Crippen LogP contribution in [0.2, 0.25) is 0 Å². The van der Waals surface area contributed by atoms with Crippen LogP contribution in [-0.4, -0.2) is 69.1 Å². The molecule has 0 radical (unpaired) electrons. The molecule has 3 unspecified atom stereocenters. The summed E-state index contributed by atoms with van der Waals surface area (Å²) in [5.41, 5.74) is 1.04. The lowest BCUT2D eigenvalue weighted by Gasteiger charge is -2.45. The predicted molar refractivity (Wildman–Crippen MR) is 101 cm³/mol. The SMILES string of the molecule is CC1CN(CC2CCOC2)CC(C)N1C(=O)c1ccc(N[SH](=O)=O)cc1. The van der Waals surface area contributed by atoms with Crippen molar-refractivity contribution >= 4 is 22.5 Å². The van der Waals surface area contributed by atoms with Gasteiger partial charge in [-0.3, -0.25) is 14.4 Å². The first-order chi connectivity index (χ1) is 12.4. The molecule has 1 amide bonds. The zero-order valence-electron chi connectivity index (χ0n) is 15.3. The Bertz CT molecular complexity index is 681. The molecule has 26 heavy (non-hydrogen) atoms. The Morgan fingerprint density at radius 3 is 2.38 bits per heavy atom. The number of rotatable bonds is 5. The highest BCUT2D eigenvalue weighted by Gasteiger charge is 2.34. The van der Waals surface area contributed by atoms with Crippen LogP contribution in [0.5, 0.6) is 0 Å². The van der Waals surface area contributed by atoms with Crippen molar-refractivity contribution in [3.63, 3.8) is 0 Å². The van der Waals surface area contributed by atoms with Gasteiger partial charge in [-0.1, -0.05) is 0 Å². The molecule has 2 heterocycles. The number of carbonyl (C=O) groups excluding carboxylic acids is 1. The van der Waals surface area contributed by atoms with Crippen molar-refractivity contribution in [3.8, 4) is 0 Å². The molecule has 8 heteroatoms. The Labute approximate surface area is 156 Å². The largest absolute Gasteiger partial charge is 0.381 e. The molecule has 0 bridgehead atoms. The molecule has 1 aromatic carbocycles. The summed E-state index contributed by atoms with van der Waals surface area (Å²) in [7, 11) is -2.70. The van der Waals surface area contributed by atoms with Crippen LogP contribution in [0.4, 0.5) is 5.69 Å². The van der Waals surface area contributed by atoms with E-state index in [1.807, 2.05) is 4.90 Å². The quantitative estimate of drug-likeness (QED) is 0.750. The number of hydrogen-bond donors (Lipinski definition) is 2. The Kier molecular flexibility index (Phi) is 6.16. The van der Waals surface area contributed by atoms with Crippen LogP contribution < -0.4 is 4.72 Å². The van der Waals surface area contributed by atoms with E-state index in [1.165, 1.54) is 0 Å².